The van der Waals surface area contributed by atoms with Crippen molar-refractivity contribution in [3.8, 4) is 16.9 Å². The maximum atomic E-state index is 15.4. The van der Waals surface area contributed by atoms with Crippen molar-refractivity contribution >= 4 is 22.6 Å². The van der Waals surface area contributed by atoms with Crippen LogP contribution in [0.1, 0.15) is 41.5 Å². The first kappa shape index (κ1) is 26.2. The molecule has 3 aromatic heterocycles. The van der Waals surface area contributed by atoms with Gasteiger partial charge < -0.3 is 19.1 Å². The molecule has 208 valence electrons. The number of ether oxygens (including phenoxy) is 1. The summed E-state index contributed by atoms with van der Waals surface area (Å²) < 4.78 is 36.4. The Bertz CT molecular complexity index is 1590. The number of aryl methyl sites for hydroxylation is 2. The van der Waals surface area contributed by atoms with Gasteiger partial charge in [-0.2, -0.15) is 0 Å². The third-order valence-corrected chi connectivity index (χ3v) is 7.95. The van der Waals surface area contributed by atoms with E-state index in [1.807, 2.05) is 34.6 Å². The molecule has 1 amide bonds. The summed E-state index contributed by atoms with van der Waals surface area (Å²) in [6, 6.07) is 8.93. The second kappa shape index (κ2) is 10.5. The summed E-state index contributed by atoms with van der Waals surface area (Å²) in [5, 5.41) is 0.461. The number of pyridine rings is 2. The zero-order valence-corrected chi connectivity index (χ0v) is 23.1. The van der Waals surface area contributed by atoms with E-state index in [0.717, 1.165) is 53.8 Å². The van der Waals surface area contributed by atoms with Crippen LogP contribution >= 0.6 is 0 Å². The van der Waals surface area contributed by atoms with Crippen LogP contribution in [0.15, 0.2) is 42.7 Å². The Labute approximate surface area is 232 Å². The SMILES string of the molecule is CCc1nc(C)ccc1-c1cc(C(=O)N2CCN(c3ncc(F)cc3OC)CC2)cc2c(F)cn(CC3CC3)c12. The van der Waals surface area contributed by atoms with Gasteiger partial charge in [0.15, 0.2) is 11.6 Å². The minimum Gasteiger partial charge on any atom is -0.493 e. The monoisotopic (exact) mass is 545 g/mol. The fourth-order valence-electron chi connectivity index (χ4n) is 5.68. The lowest BCUT2D eigenvalue weighted by atomic mass is 9.96. The predicted molar refractivity (Wildman–Crippen MR) is 151 cm³/mol. The van der Waals surface area contributed by atoms with Gasteiger partial charge in [0.2, 0.25) is 0 Å². The third kappa shape index (κ3) is 4.89. The van der Waals surface area contributed by atoms with E-state index in [2.05, 4.69) is 11.9 Å². The van der Waals surface area contributed by atoms with Crippen LogP contribution in [-0.4, -0.2) is 58.6 Å². The summed E-state index contributed by atoms with van der Waals surface area (Å²) in [6.45, 7) is 6.73. The molecule has 0 spiro atoms. The van der Waals surface area contributed by atoms with Gasteiger partial charge in [-0.3, -0.25) is 9.78 Å². The summed E-state index contributed by atoms with van der Waals surface area (Å²) >= 11 is 0. The van der Waals surface area contributed by atoms with E-state index in [1.54, 1.807) is 17.2 Å². The van der Waals surface area contributed by atoms with Gasteiger partial charge in [-0.15, -0.1) is 0 Å². The van der Waals surface area contributed by atoms with Gasteiger partial charge in [0.25, 0.3) is 5.91 Å². The maximum Gasteiger partial charge on any atom is 0.254 e. The third-order valence-electron chi connectivity index (χ3n) is 7.95. The van der Waals surface area contributed by atoms with E-state index in [-0.39, 0.29) is 11.7 Å². The summed E-state index contributed by atoms with van der Waals surface area (Å²) in [5.74, 6) is 0.556. The van der Waals surface area contributed by atoms with Crippen LogP contribution in [-0.2, 0) is 13.0 Å². The lowest BCUT2D eigenvalue weighted by Gasteiger charge is -2.36. The van der Waals surface area contributed by atoms with E-state index in [9.17, 15) is 9.18 Å². The molecule has 9 heteroatoms. The van der Waals surface area contributed by atoms with E-state index < -0.39 is 5.82 Å². The summed E-state index contributed by atoms with van der Waals surface area (Å²) in [4.78, 5) is 26.6. The summed E-state index contributed by atoms with van der Waals surface area (Å²) in [7, 11) is 1.48. The molecule has 4 aromatic rings. The molecular formula is C31H33F2N5O2. The van der Waals surface area contributed by atoms with Gasteiger partial charge >= 0.3 is 0 Å². The van der Waals surface area contributed by atoms with Gasteiger partial charge in [0, 0.05) is 78.5 Å². The molecule has 6 rings (SSSR count). The number of rotatable bonds is 7. The van der Waals surface area contributed by atoms with Gasteiger partial charge in [-0.25, -0.2) is 13.8 Å². The summed E-state index contributed by atoms with van der Waals surface area (Å²) in [5.41, 5.74) is 4.91. The van der Waals surface area contributed by atoms with Gasteiger partial charge in [0.1, 0.15) is 11.6 Å². The molecule has 0 atom stereocenters. The molecule has 1 saturated carbocycles. The lowest BCUT2D eigenvalue weighted by Crippen LogP contribution is -2.49. The topological polar surface area (TPSA) is 63.5 Å². The largest absolute Gasteiger partial charge is 0.493 e. The number of amides is 1. The molecule has 4 heterocycles. The molecule has 2 fully saturated rings. The fourth-order valence-corrected chi connectivity index (χ4v) is 5.68. The summed E-state index contributed by atoms with van der Waals surface area (Å²) in [6.07, 6.45) is 5.79. The van der Waals surface area contributed by atoms with Crippen molar-refractivity contribution < 1.29 is 18.3 Å². The normalized spacial score (nSPS) is 15.6. The average Bonchev–Trinajstić information content (AvgIpc) is 3.74. The number of anilines is 1. The number of nitrogens with zero attached hydrogens (tertiary/aromatic N) is 5. The average molecular weight is 546 g/mol. The Kier molecular flexibility index (Phi) is 6.90. The molecular weight excluding hydrogens is 512 g/mol. The molecule has 7 nitrogen and oxygen atoms in total. The number of methoxy groups -OCH3 is 1. The van der Waals surface area contributed by atoms with Crippen molar-refractivity contribution in [3.63, 3.8) is 0 Å². The first-order chi connectivity index (χ1) is 19.4. The zero-order valence-electron chi connectivity index (χ0n) is 23.1. The molecule has 1 aliphatic carbocycles. The first-order valence-corrected chi connectivity index (χ1v) is 13.9. The number of aromatic nitrogens is 3. The van der Waals surface area contributed by atoms with Gasteiger partial charge in [-0.05, 0) is 50.3 Å². The number of fused-ring (bicyclic) bond motifs is 1. The lowest BCUT2D eigenvalue weighted by molar-refractivity contribution is 0.0746. The van der Waals surface area contributed by atoms with E-state index in [4.69, 9.17) is 9.72 Å². The number of hydrogen-bond acceptors (Lipinski definition) is 5. The Morgan fingerprint density at radius 1 is 1.07 bits per heavy atom. The number of hydrogen-bond donors (Lipinski definition) is 0. The van der Waals surface area contributed by atoms with Crippen LogP contribution in [0.4, 0.5) is 14.6 Å². The smallest absolute Gasteiger partial charge is 0.254 e. The molecule has 0 radical (unpaired) electrons. The highest BCUT2D eigenvalue weighted by molar-refractivity contribution is 6.04. The van der Waals surface area contributed by atoms with Crippen molar-refractivity contribution in [1.82, 2.24) is 19.4 Å². The van der Waals surface area contributed by atoms with E-state index >= 15 is 4.39 Å². The second-order valence-corrected chi connectivity index (χ2v) is 10.8. The van der Waals surface area contributed by atoms with Crippen LogP contribution in [0.2, 0.25) is 0 Å². The van der Waals surface area contributed by atoms with Crippen LogP contribution < -0.4 is 9.64 Å². The molecule has 1 aromatic carbocycles. The van der Waals surface area contributed by atoms with Crippen LogP contribution in [0, 0.1) is 24.5 Å². The van der Waals surface area contributed by atoms with Crippen molar-refractivity contribution in [2.24, 2.45) is 5.92 Å². The predicted octanol–water partition coefficient (Wildman–Crippen LogP) is 5.63. The number of piperazine rings is 1. The number of benzene rings is 1. The highest BCUT2D eigenvalue weighted by atomic mass is 19.1. The minimum atomic E-state index is -0.464. The molecule has 1 saturated heterocycles. The van der Waals surface area contributed by atoms with Crippen LogP contribution in [0.25, 0.3) is 22.0 Å². The molecule has 0 bridgehead atoms. The van der Waals surface area contributed by atoms with Gasteiger partial charge in [0.05, 0.1) is 18.8 Å². The molecule has 40 heavy (non-hydrogen) atoms. The highest BCUT2D eigenvalue weighted by Gasteiger charge is 2.28. The van der Waals surface area contributed by atoms with E-state index in [1.165, 1.54) is 19.4 Å². The Morgan fingerprint density at radius 2 is 1.85 bits per heavy atom. The molecule has 2 aliphatic rings. The van der Waals surface area contributed by atoms with E-state index in [0.29, 0.717) is 54.6 Å². The number of halogens is 2. The van der Waals surface area contributed by atoms with Crippen molar-refractivity contribution in [2.75, 3.05) is 38.2 Å². The van der Waals surface area contributed by atoms with Gasteiger partial charge in [-0.1, -0.05) is 13.0 Å². The van der Waals surface area contributed by atoms with Crippen molar-refractivity contribution in [1.29, 1.82) is 0 Å². The Morgan fingerprint density at radius 3 is 2.55 bits per heavy atom. The molecule has 1 aliphatic heterocycles. The Hall–Kier alpha value is -4.01. The van der Waals surface area contributed by atoms with Crippen molar-refractivity contribution in [2.45, 2.75) is 39.7 Å². The minimum absolute atomic E-state index is 0.144. The molecule has 0 unspecified atom stereocenters. The van der Waals surface area contributed by atoms with Crippen molar-refractivity contribution in [3.05, 3.63) is 71.3 Å². The zero-order chi connectivity index (χ0) is 28.0. The molecule has 0 N–H and O–H groups in total. The quantitative estimate of drug-likeness (QED) is 0.301. The maximum absolute atomic E-state index is 15.4. The Balaban J connectivity index is 1.35. The number of carbonyl (C=O) groups is 1. The van der Waals surface area contributed by atoms with Crippen LogP contribution in [0.3, 0.4) is 0 Å². The second-order valence-electron chi connectivity index (χ2n) is 10.8. The highest BCUT2D eigenvalue weighted by Crippen LogP contribution is 2.38. The first-order valence-electron chi connectivity index (χ1n) is 13.9. The standard InChI is InChI=1S/C31H33F2N5O2/c1-4-27-23(8-5-19(2)35-27)24-13-21(14-25-26(33)18-38(29(24)25)17-20-6-7-20)31(39)37-11-9-36(10-12-37)30-28(40-3)15-22(32)16-34-30/h5,8,13-16,18,20H,4,6-7,9-12,17H2,1-3H3. The number of carbonyl (C=O) groups excluding carboxylic acids is 1. The van der Waals surface area contributed by atoms with Crippen LogP contribution in [0.5, 0.6) is 5.75 Å². The fraction of sp³-hybridized carbons (Fsp3) is 0.387.